The number of unbranched alkanes of at least 4 members (excludes halogenated alkanes) is 1. The summed E-state index contributed by atoms with van der Waals surface area (Å²) in [6, 6.07) is 26.5. The fourth-order valence-electron chi connectivity index (χ4n) is 5.65. The van der Waals surface area contributed by atoms with Crippen molar-refractivity contribution in [3.63, 3.8) is 0 Å². The molecule has 0 radical (unpaired) electrons. The van der Waals surface area contributed by atoms with Gasteiger partial charge in [0.05, 0.1) is 5.69 Å². The van der Waals surface area contributed by atoms with Crippen molar-refractivity contribution < 1.29 is 0 Å². The molecular weight excluding hydrogens is 426 g/mol. The van der Waals surface area contributed by atoms with Gasteiger partial charge in [0.25, 0.3) is 0 Å². The molecule has 0 unspecified atom stereocenters. The minimum atomic E-state index is 0.636. The maximum atomic E-state index is 5.04. The molecule has 0 saturated heterocycles. The largest absolute Gasteiger partial charge is 0.331 e. The average Bonchev–Trinajstić information content (AvgIpc) is 3.30. The van der Waals surface area contributed by atoms with Crippen LogP contribution < -0.4 is 0 Å². The summed E-state index contributed by atoms with van der Waals surface area (Å²) >= 11 is 0. The molecule has 1 heterocycles. The highest BCUT2D eigenvalue weighted by Crippen LogP contribution is 2.33. The molecule has 182 valence electrons. The fourth-order valence-corrected chi connectivity index (χ4v) is 5.65. The summed E-state index contributed by atoms with van der Waals surface area (Å²) in [6.45, 7) is 6.17. The number of imidazole rings is 1. The summed E-state index contributed by atoms with van der Waals surface area (Å²) in [4.78, 5) is 7.62. The molecule has 1 aromatic heterocycles. The zero-order valence-corrected chi connectivity index (χ0v) is 21.2. The number of nitrogens with zero attached hydrogens (tertiary/aromatic N) is 3. The predicted molar refractivity (Wildman–Crippen MR) is 146 cm³/mol. The highest BCUT2D eigenvalue weighted by molar-refractivity contribution is 5.82. The lowest BCUT2D eigenvalue weighted by Crippen LogP contribution is -2.24. The maximum Gasteiger partial charge on any atom is 0.112 e. The molecule has 5 rings (SSSR count). The van der Waals surface area contributed by atoms with Crippen molar-refractivity contribution in [3.8, 4) is 0 Å². The fraction of sp³-hybridized carbons (Fsp3) is 0.406. The minimum absolute atomic E-state index is 0.636. The Hall–Kier alpha value is -2.91. The lowest BCUT2D eigenvalue weighted by Gasteiger charge is -2.26. The minimum Gasteiger partial charge on any atom is -0.331 e. The van der Waals surface area contributed by atoms with E-state index in [1.54, 1.807) is 0 Å². The van der Waals surface area contributed by atoms with E-state index < -0.39 is 0 Å². The third-order valence-corrected chi connectivity index (χ3v) is 7.53. The van der Waals surface area contributed by atoms with Gasteiger partial charge in [0, 0.05) is 38.3 Å². The van der Waals surface area contributed by atoms with E-state index in [-0.39, 0.29) is 0 Å². The second-order valence-corrected chi connectivity index (χ2v) is 10.3. The Bertz CT molecular complexity index is 1200. The molecule has 3 nitrogen and oxygen atoms in total. The zero-order valence-electron chi connectivity index (χ0n) is 21.2. The molecule has 0 amide bonds. The number of hydrogen-bond donors (Lipinski definition) is 0. The molecular formula is C32H39N3. The van der Waals surface area contributed by atoms with Gasteiger partial charge in [-0.15, -0.1) is 0 Å². The predicted octanol–water partition coefficient (Wildman–Crippen LogP) is 8.09. The number of aromatic nitrogens is 2. The highest BCUT2D eigenvalue weighted by Gasteiger charge is 2.23. The number of fused-ring (bicyclic) bond motifs is 1. The molecule has 1 fully saturated rings. The van der Waals surface area contributed by atoms with Crippen molar-refractivity contribution in [3.05, 3.63) is 102 Å². The first kappa shape index (κ1) is 23.8. The Balaban J connectivity index is 1.42. The van der Waals surface area contributed by atoms with Crippen molar-refractivity contribution in [2.75, 3.05) is 0 Å². The topological polar surface area (TPSA) is 21.1 Å². The molecule has 3 aromatic carbocycles. The molecule has 0 atom stereocenters. The molecule has 35 heavy (non-hydrogen) atoms. The van der Waals surface area contributed by atoms with Gasteiger partial charge in [-0.05, 0) is 47.2 Å². The normalized spacial score (nSPS) is 14.7. The van der Waals surface area contributed by atoms with Gasteiger partial charge in [0.15, 0.2) is 0 Å². The summed E-state index contributed by atoms with van der Waals surface area (Å²) in [5.41, 5.74) is 4.10. The summed E-state index contributed by atoms with van der Waals surface area (Å²) in [5, 5.41) is 2.62. The van der Waals surface area contributed by atoms with Gasteiger partial charge in [0.1, 0.15) is 5.82 Å². The third kappa shape index (κ3) is 6.02. The van der Waals surface area contributed by atoms with E-state index in [0.717, 1.165) is 26.2 Å². The van der Waals surface area contributed by atoms with Crippen LogP contribution in [0.25, 0.3) is 10.8 Å². The Morgan fingerprint density at radius 1 is 0.800 bits per heavy atom. The quantitative estimate of drug-likeness (QED) is 0.236. The first-order chi connectivity index (χ1) is 17.3. The molecule has 3 heteroatoms. The Kier molecular flexibility index (Phi) is 7.95. The molecule has 1 saturated carbocycles. The van der Waals surface area contributed by atoms with Crippen molar-refractivity contribution in [1.82, 2.24) is 14.5 Å². The smallest absolute Gasteiger partial charge is 0.112 e. The average molecular weight is 466 g/mol. The lowest BCUT2D eigenvalue weighted by molar-refractivity contribution is 0.240. The molecule has 0 aliphatic heterocycles. The van der Waals surface area contributed by atoms with Gasteiger partial charge in [-0.1, -0.05) is 99.3 Å². The second kappa shape index (κ2) is 11.7. The molecule has 0 spiro atoms. The highest BCUT2D eigenvalue weighted by atomic mass is 15.2. The van der Waals surface area contributed by atoms with E-state index in [4.69, 9.17) is 4.98 Å². The first-order valence-electron chi connectivity index (χ1n) is 13.6. The van der Waals surface area contributed by atoms with Crippen molar-refractivity contribution >= 4 is 10.8 Å². The molecule has 0 bridgehead atoms. The summed E-state index contributed by atoms with van der Waals surface area (Å²) in [6.07, 6.45) is 11.3. The monoisotopic (exact) mass is 465 g/mol. The van der Waals surface area contributed by atoms with Crippen LogP contribution >= 0.6 is 0 Å². The lowest BCUT2D eigenvalue weighted by atomic mass is 9.88. The first-order valence-corrected chi connectivity index (χ1v) is 13.6. The molecule has 0 N–H and O–H groups in total. The standard InChI is InChI=1S/C32H39N3/c1-2-3-20-35-31(22-33-32(35)29-15-8-5-9-16-29)25-34(23-26-12-6-4-7-13-26)24-27-18-19-28-14-10-11-17-30(28)21-27/h4,6-7,10-14,17-19,21-22,29H,2-3,5,8-9,15-16,20,23-25H2,1H3. The van der Waals surface area contributed by atoms with Crippen LogP contribution in [0.15, 0.2) is 79.0 Å². The van der Waals surface area contributed by atoms with Crippen LogP contribution in [0.2, 0.25) is 0 Å². The van der Waals surface area contributed by atoms with E-state index in [2.05, 4.69) is 95.4 Å². The van der Waals surface area contributed by atoms with Crippen LogP contribution in [0.1, 0.15) is 80.4 Å². The van der Waals surface area contributed by atoms with Crippen LogP contribution in [0.5, 0.6) is 0 Å². The van der Waals surface area contributed by atoms with E-state index in [0.29, 0.717) is 5.92 Å². The van der Waals surface area contributed by atoms with Gasteiger partial charge in [0.2, 0.25) is 0 Å². The van der Waals surface area contributed by atoms with E-state index in [1.165, 1.54) is 78.4 Å². The number of benzene rings is 3. The Labute approximate surface area is 210 Å². The van der Waals surface area contributed by atoms with Gasteiger partial charge in [-0.3, -0.25) is 4.90 Å². The van der Waals surface area contributed by atoms with Gasteiger partial charge < -0.3 is 4.57 Å². The number of hydrogen-bond acceptors (Lipinski definition) is 2. The zero-order chi connectivity index (χ0) is 23.9. The molecule has 1 aliphatic carbocycles. The van der Waals surface area contributed by atoms with Crippen LogP contribution in [0.4, 0.5) is 0 Å². The van der Waals surface area contributed by atoms with Crippen LogP contribution in [0, 0.1) is 0 Å². The molecule has 4 aromatic rings. The van der Waals surface area contributed by atoms with Crippen molar-refractivity contribution in [2.24, 2.45) is 0 Å². The van der Waals surface area contributed by atoms with Gasteiger partial charge in [-0.2, -0.15) is 0 Å². The van der Waals surface area contributed by atoms with Gasteiger partial charge in [-0.25, -0.2) is 4.98 Å². The number of rotatable bonds is 10. The van der Waals surface area contributed by atoms with Crippen LogP contribution in [-0.4, -0.2) is 14.5 Å². The SMILES string of the molecule is CCCCn1c(CN(Cc2ccccc2)Cc2ccc3ccccc3c2)cnc1C1CCCCC1. The summed E-state index contributed by atoms with van der Waals surface area (Å²) < 4.78 is 2.58. The summed E-state index contributed by atoms with van der Waals surface area (Å²) in [5.74, 6) is 1.98. The van der Waals surface area contributed by atoms with Crippen LogP contribution in [0.3, 0.4) is 0 Å². The summed E-state index contributed by atoms with van der Waals surface area (Å²) in [7, 11) is 0. The van der Waals surface area contributed by atoms with E-state index in [1.807, 2.05) is 0 Å². The van der Waals surface area contributed by atoms with Gasteiger partial charge >= 0.3 is 0 Å². The Morgan fingerprint density at radius 2 is 1.54 bits per heavy atom. The maximum absolute atomic E-state index is 5.04. The van der Waals surface area contributed by atoms with Crippen LogP contribution in [-0.2, 0) is 26.2 Å². The Morgan fingerprint density at radius 3 is 2.34 bits per heavy atom. The molecule has 1 aliphatic rings. The third-order valence-electron chi connectivity index (χ3n) is 7.53. The van der Waals surface area contributed by atoms with E-state index >= 15 is 0 Å². The van der Waals surface area contributed by atoms with Crippen molar-refractivity contribution in [2.45, 2.75) is 84.0 Å². The second-order valence-electron chi connectivity index (χ2n) is 10.3. The van der Waals surface area contributed by atoms with E-state index in [9.17, 15) is 0 Å². The van der Waals surface area contributed by atoms with Crippen molar-refractivity contribution in [1.29, 1.82) is 0 Å².